The summed E-state index contributed by atoms with van der Waals surface area (Å²) in [5, 5.41) is 4.07. The van der Waals surface area contributed by atoms with Gasteiger partial charge in [-0.2, -0.15) is 0 Å². The standard InChI is InChI=1S/C12H13BrClN3/c13-8-3-5-17-10(6-8)12(14)16-11(17)7-9-2-1-4-15-9/h3,5-6,9,15H,1-2,4,7H2. The van der Waals surface area contributed by atoms with Crippen LogP contribution in [0.2, 0.25) is 5.15 Å². The molecule has 0 aromatic carbocycles. The molecule has 5 heteroatoms. The van der Waals surface area contributed by atoms with Gasteiger partial charge in [-0.1, -0.05) is 27.5 Å². The topological polar surface area (TPSA) is 29.3 Å². The first-order chi connectivity index (χ1) is 8.24. The van der Waals surface area contributed by atoms with Gasteiger partial charge in [0.25, 0.3) is 0 Å². The Morgan fingerprint density at radius 1 is 1.59 bits per heavy atom. The molecule has 0 radical (unpaired) electrons. The van der Waals surface area contributed by atoms with Gasteiger partial charge in [0.2, 0.25) is 0 Å². The molecule has 1 unspecified atom stereocenters. The van der Waals surface area contributed by atoms with Gasteiger partial charge in [-0.25, -0.2) is 4.98 Å². The number of hydrogen-bond donors (Lipinski definition) is 1. The zero-order valence-electron chi connectivity index (χ0n) is 9.29. The van der Waals surface area contributed by atoms with E-state index in [9.17, 15) is 0 Å². The van der Waals surface area contributed by atoms with Gasteiger partial charge < -0.3 is 9.72 Å². The molecule has 1 N–H and O–H groups in total. The molecule has 0 bridgehead atoms. The molecular weight excluding hydrogens is 302 g/mol. The summed E-state index contributed by atoms with van der Waals surface area (Å²) in [5.41, 5.74) is 0.967. The van der Waals surface area contributed by atoms with Crippen LogP contribution in [-0.2, 0) is 6.42 Å². The Hall–Kier alpha value is -0.580. The molecule has 90 valence electrons. The van der Waals surface area contributed by atoms with Crippen LogP contribution in [0.5, 0.6) is 0 Å². The number of imidazole rings is 1. The average molecular weight is 315 g/mol. The molecule has 17 heavy (non-hydrogen) atoms. The highest BCUT2D eigenvalue weighted by Gasteiger charge is 2.18. The summed E-state index contributed by atoms with van der Waals surface area (Å²) in [6, 6.07) is 4.55. The number of pyridine rings is 1. The van der Waals surface area contributed by atoms with E-state index in [-0.39, 0.29) is 0 Å². The van der Waals surface area contributed by atoms with Crippen molar-refractivity contribution in [1.82, 2.24) is 14.7 Å². The Balaban J connectivity index is 1.98. The quantitative estimate of drug-likeness (QED) is 0.923. The van der Waals surface area contributed by atoms with E-state index in [0.717, 1.165) is 28.8 Å². The minimum absolute atomic E-state index is 0.542. The third-order valence-electron chi connectivity index (χ3n) is 3.22. The normalized spacial score (nSPS) is 20.2. The lowest BCUT2D eigenvalue weighted by Crippen LogP contribution is -2.24. The van der Waals surface area contributed by atoms with Gasteiger partial charge in [0.05, 0.1) is 5.52 Å². The SMILES string of the molecule is Clc1nc(CC2CCCN2)n2ccc(Br)cc12. The molecule has 1 saturated heterocycles. The Bertz CT molecular complexity index is 546. The molecule has 3 rings (SSSR count). The molecule has 0 aliphatic carbocycles. The summed E-state index contributed by atoms with van der Waals surface area (Å²) in [6.45, 7) is 1.12. The van der Waals surface area contributed by atoms with Gasteiger partial charge in [0.1, 0.15) is 5.82 Å². The third-order valence-corrected chi connectivity index (χ3v) is 4.00. The van der Waals surface area contributed by atoms with E-state index in [1.807, 2.05) is 18.3 Å². The van der Waals surface area contributed by atoms with E-state index in [0.29, 0.717) is 11.2 Å². The molecule has 2 aromatic heterocycles. The van der Waals surface area contributed by atoms with Gasteiger partial charge in [-0.15, -0.1) is 0 Å². The summed E-state index contributed by atoms with van der Waals surface area (Å²) >= 11 is 9.61. The van der Waals surface area contributed by atoms with E-state index in [2.05, 4.69) is 30.6 Å². The van der Waals surface area contributed by atoms with E-state index in [1.165, 1.54) is 12.8 Å². The molecule has 1 aliphatic heterocycles. The van der Waals surface area contributed by atoms with Gasteiger partial charge in [0, 0.05) is 23.1 Å². The van der Waals surface area contributed by atoms with Crippen LogP contribution >= 0.6 is 27.5 Å². The zero-order valence-corrected chi connectivity index (χ0v) is 11.6. The second-order valence-corrected chi connectivity index (χ2v) is 5.69. The zero-order chi connectivity index (χ0) is 11.8. The van der Waals surface area contributed by atoms with Crippen molar-refractivity contribution in [3.05, 3.63) is 33.8 Å². The summed E-state index contributed by atoms with van der Waals surface area (Å²) < 4.78 is 3.10. The highest BCUT2D eigenvalue weighted by Crippen LogP contribution is 2.23. The lowest BCUT2D eigenvalue weighted by atomic mass is 10.1. The Kier molecular flexibility index (Phi) is 3.11. The van der Waals surface area contributed by atoms with E-state index < -0.39 is 0 Å². The Morgan fingerprint density at radius 3 is 3.24 bits per heavy atom. The van der Waals surface area contributed by atoms with Gasteiger partial charge >= 0.3 is 0 Å². The van der Waals surface area contributed by atoms with E-state index >= 15 is 0 Å². The molecular formula is C12H13BrClN3. The Labute approximate surface area is 113 Å². The molecule has 3 nitrogen and oxygen atoms in total. The summed E-state index contributed by atoms with van der Waals surface area (Å²) in [5.74, 6) is 1.04. The largest absolute Gasteiger partial charge is 0.314 e. The number of nitrogens with one attached hydrogen (secondary N) is 1. The first-order valence-corrected chi connectivity index (χ1v) is 6.96. The molecule has 1 aliphatic rings. The third kappa shape index (κ3) is 2.21. The van der Waals surface area contributed by atoms with Crippen molar-refractivity contribution < 1.29 is 0 Å². The monoisotopic (exact) mass is 313 g/mol. The summed E-state index contributed by atoms with van der Waals surface area (Å²) in [6.07, 6.45) is 5.44. The van der Waals surface area contributed by atoms with Crippen LogP contribution in [0, 0.1) is 0 Å². The van der Waals surface area contributed by atoms with Gasteiger partial charge in [-0.3, -0.25) is 0 Å². The average Bonchev–Trinajstić information content (AvgIpc) is 2.89. The van der Waals surface area contributed by atoms with Crippen molar-refractivity contribution in [3.63, 3.8) is 0 Å². The highest BCUT2D eigenvalue weighted by molar-refractivity contribution is 9.10. The van der Waals surface area contributed by atoms with E-state index in [4.69, 9.17) is 11.6 Å². The van der Waals surface area contributed by atoms with Crippen molar-refractivity contribution in [3.8, 4) is 0 Å². The lowest BCUT2D eigenvalue weighted by Gasteiger charge is -2.08. The molecule has 0 spiro atoms. The molecule has 0 saturated carbocycles. The van der Waals surface area contributed by atoms with Crippen molar-refractivity contribution in [2.75, 3.05) is 6.54 Å². The smallest absolute Gasteiger partial charge is 0.155 e. The fraction of sp³-hybridized carbons (Fsp3) is 0.417. The summed E-state index contributed by atoms with van der Waals surface area (Å²) in [7, 11) is 0. The molecule has 0 amide bonds. The van der Waals surface area contributed by atoms with Crippen LogP contribution in [0.3, 0.4) is 0 Å². The molecule has 1 fully saturated rings. The maximum Gasteiger partial charge on any atom is 0.155 e. The second-order valence-electron chi connectivity index (χ2n) is 4.42. The first kappa shape index (κ1) is 11.5. The molecule has 3 heterocycles. The predicted molar refractivity (Wildman–Crippen MR) is 72.6 cm³/mol. The molecule has 1 atom stereocenters. The van der Waals surface area contributed by atoms with E-state index in [1.54, 1.807) is 0 Å². The van der Waals surface area contributed by atoms with Crippen LogP contribution in [0.1, 0.15) is 18.7 Å². The minimum Gasteiger partial charge on any atom is -0.314 e. The van der Waals surface area contributed by atoms with Crippen LogP contribution in [0.15, 0.2) is 22.8 Å². The summed E-state index contributed by atoms with van der Waals surface area (Å²) in [4.78, 5) is 4.46. The van der Waals surface area contributed by atoms with Crippen molar-refractivity contribution in [2.45, 2.75) is 25.3 Å². The predicted octanol–water partition coefficient (Wildman–Crippen LogP) is 3.04. The van der Waals surface area contributed by atoms with Gasteiger partial charge in [-0.05, 0) is 31.5 Å². The number of aromatic nitrogens is 2. The van der Waals surface area contributed by atoms with Crippen molar-refractivity contribution in [1.29, 1.82) is 0 Å². The van der Waals surface area contributed by atoms with Crippen LogP contribution in [0.4, 0.5) is 0 Å². The van der Waals surface area contributed by atoms with Crippen molar-refractivity contribution in [2.24, 2.45) is 0 Å². The fourth-order valence-corrected chi connectivity index (χ4v) is 2.96. The van der Waals surface area contributed by atoms with Gasteiger partial charge in [0.15, 0.2) is 5.15 Å². The molecule has 2 aromatic rings. The maximum atomic E-state index is 6.16. The van der Waals surface area contributed by atoms with Crippen molar-refractivity contribution >= 4 is 33.0 Å². The number of fused-ring (bicyclic) bond motifs is 1. The highest BCUT2D eigenvalue weighted by atomic mass is 79.9. The first-order valence-electron chi connectivity index (χ1n) is 5.79. The van der Waals surface area contributed by atoms with Crippen LogP contribution in [0.25, 0.3) is 5.52 Å². The minimum atomic E-state index is 0.542. The number of halogens is 2. The number of hydrogen-bond acceptors (Lipinski definition) is 2. The lowest BCUT2D eigenvalue weighted by molar-refractivity contribution is 0.584. The van der Waals surface area contributed by atoms with Crippen LogP contribution in [-0.4, -0.2) is 22.0 Å². The number of rotatable bonds is 2. The van der Waals surface area contributed by atoms with Crippen LogP contribution < -0.4 is 5.32 Å². The fourth-order valence-electron chi connectivity index (χ4n) is 2.38. The number of nitrogens with zero attached hydrogens (tertiary/aromatic N) is 2. The second kappa shape index (κ2) is 4.59. The maximum absolute atomic E-state index is 6.16. The Morgan fingerprint density at radius 2 is 2.47 bits per heavy atom.